The van der Waals surface area contributed by atoms with Gasteiger partial charge in [0, 0.05) is 4.47 Å². The molecule has 0 radical (unpaired) electrons. The molecule has 0 fully saturated rings. The highest BCUT2D eigenvalue weighted by Gasteiger charge is 1.98. The van der Waals surface area contributed by atoms with Crippen LogP contribution in [0, 0.1) is 0 Å². The summed E-state index contributed by atoms with van der Waals surface area (Å²) in [6, 6.07) is 5.82. The van der Waals surface area contributed by atoms with Crippen LogP contribution in [0.4, 0.5) is 0 Å². The quantitative estimate of drug-likeness (QED) is 0.823. The second-order valence-corrected chi connectivity index (χ2v) is 3.70. The highest BCUT2D eigenvalue weighted by atomic mass is 79.9. The fourth-order valence-electron chi connectivity index (χ4n) is 0.988. The van der Waals surface area contributed by atoms with E-state index in [4.69, 9.17) is 5.11 Å². The van der Waals surface area contributed by atoms with E-state index in [0.717, 1.165) is 21.2 Å². The molecule has 0 aliphatic rings. The van der Waals surface area contributed by atoms with Crippen LogP contribution >= 0.6 is 15.9 Å². The molecule has 2 heteroatoms. The van der Waals surface area contributed by atoms with Crippen molar-refractivity contribution in [2.75, 3.05) is 0 Å². The van der Waals surface area contributed by atoms with Crippen LogP contribution in [0.2, 0.25) is 0 Å². The maximum absolute atomic E-state index is 8.92. The van der Waals surface area contributed by atoms with E-state index in [2.05, 4.69) is 22.5 Å². The van der Waals surface area contributed by atoms with Crippen LogP contribution in [-0.2, 0) is 6.61 Å². The summed E-state index contributed by atoms with van der Waals surface area (Å²) in [6.07, 6.45) is 0. The van der Waals surface area contributed by atoms with Crippen LogP contribution in [0.5, 0.6) is 0 Å². The minimum Gasteiger partial charge on any atom is -0.392 e. The van der Waals surface area contributed by atoms with Crippen LogP contribution in [0.15, 0.2) is 29.3 Å². The molecule has 0 unspecified atom stereocenters. The van der Waals surface area contributed by atoms with Crippen molar-refractivity contribution in [2.45, 2.75) is 13.5 Å². The van der Waals surface area contributed by atoms with E-state index >= 15 is 0 Å². The molecule has 0 amide bonds. The van der Waals surface area contributed by atoms with Gasteiger partial charge in [-0.05, 0) is 36.2 Å². The Hall–Kier alpha value is -0.600. The van der Waals surface area contributed by atoms with E-state index < -0.39 is 0 Å². The molecule has 0 aliphatic heterocycles. The average Bonchev–Trinajstić information content (AvgIpc) is 2.03. The Morgan fingerprint density at radius 3 is 2.67 bits per heavy atom. The zero-order valence-electron chi connectivity index (χ0n) is 6.97. The van der Waals surface area contributed by atoms with Gasteiger partial charge >= 0.3 is 0 Å². The molecule has 1 aromatic rings. The summed E-state index contributed by atoms with van der Waals surface area (Å²) in [7, 11) is 0. The number of rotatable bonds is 2. The van der Waals surface area contributed by atoms with Crippen molar-refractivity contribution in [3.63, 3.8) is 0 Å². The minimum absolute atomic E-state index is 0.0692. The fourth-order valence-corrected chi connectivity index (χ4v) is 1.53. The first kappa shape index (κ1) is 9.49. The number of hydrogen-bond acceptors (Lipinski definition) is 1. The van der Waals surface area contributed by atoms with Gasteiger partial charge in [-0.1, -0.05) is 28.1 Å². The SMILES string of the molecule is C=C(C)c1cc(Br)cc(CO)c1. The summed E-state index contributed by atoms with van der Waals surface area (Å²) >= 11 is 3.37. The minimum atomic E-state index is 0.0692. The molecule has 12 heavy (non-hydrogen) atoms. The van der Waals surface area contributed by atoms with Gasteiger partial charge in [0.2, 0.25) is 0 Å². The van der Waals surface area contributed by atoms with Crippen molar-refractivity contribution in [3.8, 4) is 0 Å². The molecule has 1 aromatic carbocycles. The van der Waals surface area contributed by atoms with Gasteiger partial charge in [0.05, 0.1) is 6.61 Å². The van der Waals surface area contributed by atoms with Gasteiger partial charge in [0.1, 0.15) is 0 Å². The summed E-state index contributed by atoms with van der Waals surface area (Å²) in [5.41, 5.74) is 2.97. The number of benzene rings is 1. The van der Waals surface area contributed by atoms with Crippen LogP contribution in [0.25, 0.3) is 5.57 Å². The summed E-state index contributed by atoms with van der Waals surface area (Å²) in [5.74, 6) is 0. The van der Waals surface area contributed by atoms with E-state index in [9.17, 15) is 0 Å². The molecular formula is C10H11BrO. The van der Waals surface area contributed by atoms with E-state index in [1.165, 1.54) is 0 Å². The highest BCUT2D eigenvalue weighted by Crippen LogP contribution is 2.20. The van der Waals surface area contributed by atoms with Crippen molar-refractivity contribution >= 4 is 21.5 Å². The lowest BCUT2D eigenvalue weighted by Gasteiger charge is -2.03. The van der Waals surface area contributed by atoms with Gasteiger partial charge in [-0.3, -0.25) is 0 Å². The van der Waals surface area contributed by atoms with Gasteiger partial charge in [-0.15, -0.1) is 0 Å². The lowest BCUT2D eigenvalue weighted by Crippen LogP contribution is -1.86. The molecule has 0 atom stereocenters. The van der Waals surface area contributed by atoms with E-state index in [1.807, 2.05) is 25.1 Å². The van der Waals surface area contributed by atoms with Crippen molar-refractivity contribution in [1.82, 2.24) is 0 Å². The molecule has 0 aromatic heterocycles. The monoisotopic (exact) mass is 226 g/mol. The number of aliphatic hydroxyl groups is 1. The molecule has 0 saturated heterocycles. The van der Waals surface area contributed by atoms with Gasteiger partial charge in [-0.2, -0.15) is 0 Å². The summed E-state index contributed by atoms with van der Waals surface area (Å²) in [5, 5.41) is 8.92. The van der Waals surface area contributed by atoms with Crippen LogP contribution in [0.1, 0.15) is 18.1 Å². The third-order valence-corrected chi connectivity index (χ3v) is 2.09. The molecular weight excluding hydrogens is 216 g/mol. The smallest absolute Gasteiger partial charge is 0.0682 e. The lowest BCUT2D eigenvalue weighted by molar-refractivity contribution is 0.281. The Labute approximate surface area is 80.9 Å². The number of allylic oxidation sites excluding steroid dienone is 1. The topological polar surface area (TPSA) is 20.2 Å². The second kappa shape index (κ2) is 3.87. The largest absolute Gasteiger partial charge is 0.392 e. The van der Waals surface area contributed by atoms with Crippen molar-refractivity contribution in [1.29, 1.82) is 0 Å². The standard InChI is InChI=1S/C10H11BrO/c1-7(2)9-3-8(6-12)4-10(11)5-9/h3-5,12H,1,6H2,2H3. The Bertz CT molecular complexity index is 305. The zero-order valence-corrected chi connectivity index (χ0v) is 8.56. The molecule has 0 bridgehead atoms. The summed E-state index contributed by atoms with van der Waals surface area (Å²) in [4.78, 5) is 0. The van der Waals surface area contributed by atoms with Crippen LogP contribution < -0.4 is 0 Å². The average molecular weight is 227 g/mol. The van der Waals surface area contributed by atoms with Gasteiger partial charge in [0.25, 0.3) is 0 Å². The number of hydrogen-bond donors (Lipinski definition) is 1. The van der Waals surface area contributed by atoms with Gasteiger partial charge in [0.15, 0.2) is 0 Å². The molecule has 64 valence electrons. The first-order valence-corrected chi connectivity index (χ1v) is 4.49. The van der Waals surface area contributed by atoms with E-state index in [0.29, 0.717) is 0 Å². The Morgan fingerprint density at radius 1 is 1.50 bits per heavy atom. The van der Waals surface area contributed by atoms with E-state index in [-0.39, 0.29) is 6.61 Å². The van der Waals surface area contributed by atoms with Crippen molar-refractivity contribution in [2.24, 2.45) is 0 Å². The molecule has 1 rings (SSSR count). The van der Waals surface area contributed by atoms with Crippen molar-refractivity contribution in [3.05, 3.63) is 40.4 Å². The Kier molecular flexibility index (Phi) is 3.06. The third-order valence-electron chi connectivity index (χ3n) is 1.63. The third kappa shape index (κ3) is 2.19. The van der Waals surface area contributed by atoms with Crippen LogP contribution in [0.3, 0.4) is 0 Å². The van der Waals surface area contributed by atoms with E-state index in [1.54, 1.807) is 0 Å². The predicted octanol–water partition coefficient (Wildman–Crippen LogP) is 2.97. The zero-order chi connectivity index (χ0) is 9.14. The Morgan fingerprint density at radius 2 is 2.17 bits per heavy atom. The number of halogens is 1. The molecule has 1 N–H and O–H groups in total. The number of aliphatic hydroxyl groups excluding tert-OH is 1. The van der Waals surface area contributed by atoms with Crippen molar-refractivity contribution < 1.29 is 5.11 Å². The second-order valence-electron chi connectivity index (χ2n) is 2.79. The maximum Gasteiger partial charge on any atom is 0.0682 e. The maximum atomic E-state index is 8.92. The van der Waals surface area contributed by atoms with Crippen LogP contribution in [-0.4, -0.2) is 5.11 Å². The normalized spacial score (nSPS) is 9.92. The Balaban J connectivity index is 3.15. The molecule has 0 heterocycles. The van der Waals surface area contributed by atoms with Gasteiger partial charge < -0.3 is 5.11 Å². The summed E-state index contributed by atoms with van der Waals surface area (Å²) < 4.78 is 0.979. The first-order valence-electron chi connectivity index (χ1n) is 3.69. The predicted molar refractivity (Wildman–Crippen MR) is 54.8 cm³/mol. The molecule has 0 saturated carbocycles. The van der Waals surface area contributed by atoms with Gasteiger partial charge in [-0.25, -0.2) is 0 Å². The summed E-state index contributed by atoms with van der Waals surface area (Å²) in [6.45, 7) is 5.86. The first-order chi connectivity index (χ1) is 5.63. The molecule has 0 spiro atoms. The lowest BCUT2D eigenvalue weighted by atomic mass is 10.1. The molecule has 0 aliphatic carbocycles. The molecule has 1 nitrogen and oxygen atoms in total. The fraction of sp³-hybridized carbons (Fsp3) is 0.200. The highest BCUT2D eigenvalue weighted by molar-refractivity contribution is 9.10.